The van der Waals surface area contributed by atoms with Crippen LogP contribution < -0.4 is 0 Å². The van der Waals surface area contributed by atoms with E-state index in [2.05, 4.69) is 38.2 Å². The van der Waals surface area contributed by atoms with Crippen LogP contribution in [0.25, 0.3) is 0 Å². The van der Waals surface area contributed by atoms with Gasteiger partial charge in [-0.05, 0) is 38.5 Å². The monoisotopic (exact) mass is 675 g/mol. The molecule has 1 N–H and O–H groups in total. The number of quaternary nitrogens is 1. The predicted octanol–water partition coefficient (Wildman–Crippen LogP) is 10.1. The van der Waals surface area contributed by atoms with Crippen LogP contribution in [0.1, 0.15) is 149 Å². The third-order valence-electron chi connectivity index (χ3n) is 7.75. The number of rotatable bonds is 34. The highest BCUT2D eigenvalue weighted by molar-refractivity contribution is 7.47. The number of hydrogen-bond acceptors (Lipinski definition) is 6. The Kier molecular flexibility index (Phi) is 30.6. The fourth-order valence-electron chi connectivity index (χ4n) is 4.82. The Morgan fingerprint density at radius 2 is 1.24 bits per heavy atom. The van der Waals surface area contributed by atoms with Crippen molar-refractivity contribution in [3.05, 3.63) is 24.3 Å². The Hall–Kier alpha value is -1.02. The van der Waals surface area contributed by atoms with Gasteiger partial charge in [-0.3, -0.25) is 13.8 Å². The minimum absolute atomic E-state index is 0.0871. The van der Waals surface area contributed by atoms with Crippen molar-refractivity contribution < 1.29 is 37.3 Å². The number of hydrogen-bond donors (Lipinski definition) is 1. The van der Waals surface area contributed by atoms with Gasteiger partial charge in [0.25, 0.3) is 0 Å². The van der Waals surface area contributed by atoms with E-state index in [0.717, 1.165) is 64.2 Å². The van der Waals surface area contributed by atoms with Crippen molar-refractivity contribution in [1.29, 1.82) is 0 Å². The molecule has 0 rings (SSSR count). The zero-order valence-corrected chi connectivity index (χ0v) is 31.5. The van der Waals surface area contributed by atoms with Gasteiger partial charge in [0.15, 0.2) is 0 Å². The van der Waals surface area contributed by atoms with Gasteiger partial charge < -0.3 is 18.9 Å². The van der Waals surface area contributed by atoms with Gasteiger partial charge in [0.1, 0.15) is 19.3 Å². The summed E-state index contributed by atoms with van der Waals surface area (Å²) in [7, 11) is 1.66. The van der Waals surface area contributed by atoms with Crippen LogP contribution in [0.15, 0.2) is 24.3 Å². The first-order valence-corrected chi connectivity index (χ1v) is 20.1. The van der Waals surface area contributed by atoms with Gasteiger partial charge in [0.05, 0.1) is 34.4 Å². The third-order valence-corrected chi connectivity index (χ3v) is 8.73. The summed E-state index contributed by atoms with van der Waals surface area (Å²) in [6.07, 6.45) is 32.0. The minimum atomic E-state index is -4.26. The Balaban J connectivity index is 4.34. The van der Waals surface area contributed by atoms with Crippen LogP contribution in [0, 0.1) is 0 Å². The van der Waals surface area contributed by atoms with Gasteiger partial charge in [-0.25, -0.2) is 4.57 Å². The lowest BCUT2D eigenvalue weighted by molar-refractivity contribution is -0.870. The summed E-state index contributed by atoms with van der Waals surface area (Å²) in [5, 5.41) is 0. The Labute approximate surface area is 283 Å². The fourth-order valence-corrected chi connectivity index (χ4v) is 5.57. The van der Waals surface area contributed by atoms with Crippen LogP contribution in [0.3, 0.4) is 0 Å². The number of phosphoric ester groups is 1. The molecule has 0 amide bonds. The van der Waals surface area contributed by atoms with Crippen molar-refractivity contribution in [3.63, 3.8) is 0 Å². The van der Waals surface area contributed by atoms with E-state index in [1.807, 2.05) is 21.1 Å². The van der Waals surface area contributed by atoms with E-state index >= 15 is 0 Å². The first-order valence-electron chi connectivity index (χ1n) is 18.6. The summed E-state index contributed by atoms with van der Waals surface area (Å²) in [6.45, 7) is 5.53. The second-order valence-corrected chi connectivity index (χ2v) is 15.1. The number of allylic oxidation sites excluding steroid dienone is 4. The Bertz CT molecular complexity index is 797. The second kappa shape index (κ2) is 31.3. The molecule has 8 nitrogen and oxygen atoms in total. The molecule has 2 unspecified atom stereocenters. The SMILES string of the molecule is CCC/C=C\C/C=C\CCCCCCCC(=O)OC(COCCCCCCCCCCCCC)COP(=O)(O)OCC[N+](C)(C)C. The van der Waals surface area contributed by atoms with Gasteiger partial charge in [-0.2, -0.15) is 0 Å². The standard InChI is InChI=1S/C37H72NO7P/c1-6-8-10-12-14-16-18-19-20-22-24-26-28-30-37(39)45-36(35-44-46(40,41)43-33-31-38(3,4)5)34-42-32-29-27-25-23-21-17-15-13-11-9-7-2/h10,12,16,18,36H,6-9,11,13-15,17,19-35H2,1-5H3/p+1/b12-10-,18-16-. The van der Waals surface area contributed by atoms with E-state index in [0.29, 0.717) is 24.1 Å². The summed E-state index contributed by atoms with van der Waals surface area (Å²) in [5.74, 6) is -0.329. The van der Waals surface area contributed by atoms with Crippen molar-refractivity contribution >= 4 is 13.8 Å². The summed E-state index contributed by atoms with van der Waals surface area (Å²) in [6, 6.07) is 0. The lowest BCUT2D eigenvalue weighted by atomic mass is 10.1. The molecule has 0 heterocycles. The van der Waals surface area contributed by atoms with Crippen molar-refractivity contribution in [1.82, 2.24) is 0 Å². The molecular weight excluding hydrogens is 601 g/mol. The number of carbonyl (C=O) groups excluding carboxylic acids is 1. The number of ether oxygens (including phenoxy) is 2. The molecule has 46 heavy (non-hydrogen) atoms. The van der Waals surface area contributed by atoms with Crippen LogP contribution in [0.2, 0.25) is 0 Å². The van der Waals surface area contributed by atoms with E-state index < -0.39 is 13.9 Å². The first-order chi connectivity index (χ1) is 22.1. The molecule has 0 aliphatic heterocycles. The van der Waals surface area contributed by atoms with Crippen LogP contribution in [0.4, 0.5) is 0 Å². The van der Waals surface area contributed by atoms with Crippen LogP contribution in [-0.4, -0.2) is 75.6 Å². The van der Waals surface area contributed by atoms with Crippen molar-refractivity contribution in [2.24, 2.45) is 0 Å². The molecule has 0 saturated carbocycles. The number of unbranched alkanes of at least 4 members (excludes halogenated alkanes) is 16. The highest BCUT2D eigenvalue weighted by atomic mass is 31.2. The number of nitrogens with zero attached hydrogens (tertiary/aromatic N) is 1. The quantitative estimate of drug-likeness (QED) is 0.0239. The predicted molar refractivity (Wildman–Crippen MR) is 192 cm³/mol. The number of phosphoric acid groups is 1. The van der Waals surface area contributed by atoms with Crippen LogP contribution in [0.5, 0.6) is 0 Å². The molecule has 9 heteroatoms. The molecule has 0 aliphatic rings. The smallest absolute Gasteiger partial charge is 0.457 e. The molecule has 0 saturated heterocycles. The van der Waals surface area contributed by atoms with Crippen molar-refractivity contribution in [2.75, 3.05) is 54.1 Å². The van der Waals surface area contributed by atoms with E-state index in [4.69, 9.17) is 18.5 Å². The van der Waals surface area contributed by atoms with Gasteiger partial charge >= 0.3 is 13.8 Å². The molecule has 0 aromatic rings. The largest absolute Gasteiger partial charge is 0.472 e. The highest BCUT2D eigenvalue weighted by Crippen LogP contribution is 2.43. The molecule has 0 aromatic carbocycles. The fraction of sp³-hybridized carbons (Fsp3) is 0.865. The zero-order valence-electron chi connectivity index (χ0n) is 30.6. The molecule has 0 radical (unpaired) electrons. The lowest BCUT2D eigenvalue weighted by Gasteiger charge is -2.24. The number of likely N-dealkylation sites (N-methyl/N-ethyl adjacent to an activating group) is 1. The Morgan fingerprint density at radius 3 is 1.85 bits per heavy atom. The minimum Gasteiger partial charge on any atom is -0.457 e. The van der Waals surface area contributed by atoms with Crippen LogP contribution in [-0.2, 0) is 27.9 Å². The van der Waals surface area contributed by atoms with Gasteiger partial charge in [-0.1, -0.05) is 128 Å². The maximum absolute atomic E-state index is 12.6. The zero-order chi connectivity index (χ0) is 34.2. The average molecular weight is 675 g/mol. The second-order valence-electron chi connectivity index (χ2n) is 13.6. The van der Waals surface area contributed by atoms with E-state index in [1.54, 1.807) is 0 Å². The van der Waals surface area contributed by atoms with Gasteiger partial charge in [0, 0.05) is 13.0 Å². The highest BCUT2D eigenvalue weighted by Gasteiger charge is 2.26. The summed E-state index contributed by atoms with van der Waals surface area (Å²) < 4.78 is 34.8. The molecule has 2 atom stereocenters. The first kappa shape index (κ1) is 45.0. The normalized spacial score (nSPS) is 14.3. The molecular formula is C37H73NO7P+. The number of carbonyl (C=O) groups is 1. The molecule has 0 aromatic heterocycles. The molecule has 272 valence electrons. The summed E-state index contributed by atoms with van der Waals surface area (Å²) >= 11 is 0. The lowest BCUT2D eigenvalue weighted by Crippen LogP contribution is -2.37. The average Bonchev–Trinajstić information content (AvgIpc) is 2.99. The topological polar surface area (TPSA) is 91.3 Å². The van der Waals surface area contributed by atoms with Crippen LogP contribution >= 0.6 is 7.82 Å². The van der Waals surface area contributed by atoms with E-state index in [9.17, 15) is 14.3 Å². The van der Waals surface area contributed by atoms with E-state index in [-0.39, 0.29) is 25.8 Å². The molecule has 0 spiro atoms. The molecule has 0 aliphatic carbocycles. The molecule has 0 fully saturated rings. The van der Waals surface area contributed by atoms with Crippen molar-refractivity contribution in [2.45, 2.75) is 155 Å². The Morgan fingerprint density at radius 1 is 0.674 bits per heavy atom. The van der Waals surface area contributed by atoms with Crippen molar-refractivity contribution in [3.8, 4) is 0 Å². The maximum Gasteiger partial charge on any atom is 0.472 e. The van der Waals surface area contributed by atoms with E-state index in [1.165, 1.54) is 64.2 Å². The summed E-state index contributed by atoms with van der Waals surface area (Å²) in [5.41, 5.74) is 0. The number of esters is 1. The van der Waals surface area contributed by atoms with Gasteiger partial charge in [0.2, 0.25) is 0 Å². The van der Waals surface area contributed by atoms with Gasteiger partial charge in [-0.15, -0.1) is 0 Å². The maximum atomic E-state index is 12.6. The summed E-state index contributed by atoms with van der Waals surface area (Å²) in [4.78, 5) is 22.7. The third kappa shape index (κ3) is 34.3. The molecule has 0 bridgehead atoms.